The van der Waals surface area contributed by atoms with Gasteiger partial charge in [-0.2, -0.15) is 0 Å². The predicted octanol–water partition coefficient (Wildman–Crippen LogP) is 4.11. The van der Waals surface area contributed by atoms with Gasteiger partial charge in [-0.05, 0) is 29.5 Å². The van der Waals surface area contributed by atoms with E-state index in [1.807, 2.05) is 45.0 Å². The third-order valence-corrected chi connectivity index (χ3v) is 3.69. The third kappa shape index (κ3) is 5.63. The molecule has 1 N–H and O–H groups in total. The molecule has 3 nitrogen and oxygen atoms in total. The normalized spacial score (nSPS) is 12.1. The Labute approximate surface area is 134 Å². The lowest BCUT2D eigenvalue weighted by molar-refractivity contribution is -0.126. The van der Waals surface area contributed by atoms with Gasteiger partial charge in [-0.15, -0.1) is 0 Å². The highest BCUT2D eigenvalue weighted by Gasteiger charge is 2.20. The number of hydrogen-bond donors (Lipinski definition) is 1. The molecule has 0 saturated heterocycles. The van der Waals surface area contributed by atoms with Crippen LogP contribution in [-0.2, 0) is 10.2 Å². The first-order chi connectivity index (χ1) is 10.0. The molecule has 0 aliphatic carbocycles. The zero-order chi connectivity index (χ0) is 17.0. The molecule has 3 heteroatoms. The van der Waals surface area contributed by atoms with E-state index in [9.17, 15) is 9.59 Å². The number of benzene rings is 1. The molecule has 0 heterocycles. The molecule has 0 spiro atoms. The van der Waals surface area contributed by atoms with Crippen molar-refractivity contribution in [3.05, 3.63) is 35.4 Å². The fraction of sp³-hybridized carbons (Fsp3) is 0.579. The first-order valence-corrected chi connectivity index (χ1v) is 7.94. The van der Waals surface area contributed by atoms with E-state index in [2.05, 4.69) is 26.1 Å². The van der Waals surface area contributed by atoms with Gasteiger partial charge >= 0.3 is 0 Å². The highest BCUT2D eigenvalue weighted by molar-refractivity contribution is 5.94. The zero-order valence-electron chi connectivity index (χ0n) is 14.7. The van der Waals surface area contributed by atoms with Crippen molar-refractivity contribution < 1.29 is 9.59 Å². The topological polar surface area (TPSA) is 46.2 Å². The van der Waals surface area contributed by atoms with Crippen molar-refractivity contribution in [1.29, 1.82) is 0 Å². The van der Waals surface area contributed by atoms with Crippen LogP contribution in [0.1, 0.15) is 70.3 Å². The summed E-state index contributed by atoms with van der Waals surface area (Å²) in [4.78, 5) is 24.0. The van der Waals surface area contributed by atoms with E-state index in [0.29, 0.717) is 24.9 Å². The molecule has 0 aliphatic rings. The maximum absolute atomic E-state index is 12.2. The van der Waals surface area contributed by atoms with Gasteiger partial charge in [0.1, 0.15) is 5.78 Å². The summed E-state index contributed by atoms with van der Waals surface area (Å²) in [5, 5.41) is 2.89. The van der Waals surface area contributed by atoms with Crippen LogP contribution in [0.2, 0.25) is 0 Å². The molecule has 0 unspecified atom stereocenters. The number of carbonyl (C=O) groups is 2. The van der Waals surface area contributed by atoms with Crippen molar-refractivity contribution in [2.75, 3.05) is 6.54 Å². The first-order valence-electron chi connectivity index (χ1n) is 7.94. The summed E-state index contributed by atoms with van der Waals surface area (Å²) in [5.74, 6) is 0.158. The van der Waals surface area contributed by atoms with Crippen molar-refractivity contribution >= 4 is 11.7 Å². The van der Waals surface area contributed by atoms with Crippen molar-refractivity contribution in [3.8, 4) is 0 Å². The number of rotatable bonds is 5. The van der Waals surface area contributed by atoms with Crippen molar-refractivity contribution in [2.24, 2.45) is 5.41 Å². The number of ketones is 1. The lowest BCUT2D eigenvalue weighted by atomic mass is 9.86. The van der Waals surface area contributed by atoms with Gasteiger partial charge in [-0.25, -0.2) is 0 Å². The molecule has 0 saturated carbocycles. The number of carbonyl (C=O) groups excluding carboxylic acids is 2. The highest BCUT2D eigenvalue weighted by Crippen LogP contribution is 2.22. The predicted molar refractivity (Wildman–Crippen MR) is 91.2 cm³/mol. The summed E-state index contributed by atoms with van der Waals surface area (Å²) >= 11 is 0. The minimum atomic E-state index is -0.301. The lowest BCUT2D eigenvalue weighted by Gasteiger charge is -2.19. The molecule has 22 heavy (non-hydrogen) atoms. The minimum Gasteiger partial charge on any atom is -0.352 e. The van der Waals surface area contributed by atoms with Gasteiger partial charge in [-0.3, -0.25) is 9.59 Å². The van der Waals surface area contributed by atoms with Crippen LogP contribution in [0.4, 0.5) is 0 Å². The molecule has 0 radical (unpaired) electrons. The highest BCUT2D eigenvalue weighted by atomic mass is 16.1. The Hall–Kier alpha value is -1.64. The molecule has 0 bridgehead atoms. The summed E-state index contributed by atoms with van der Waals surface area (Å²) in [6, 6.07) is 7.72. The Balaban J connectivity index is 2.52. The van der Waals surface area contributed by atoms with Crippen LogP contribution in [0.5, 0.6) is 0 Å². The first kappa shape index (κ1) is 18.4. The summed E-state index contributed by atoms with van der Waals surface area (Å²) in [7, 11) is 0. The average Bonchev–Trinajstić information content (AvgIpc) is 2.41. The quantitative estimate of drug-likeness (QED) is 0.832. The number of nitrogens with one attached hydrogen (secondary N) is 1. The van der Waals surface area contributed by atoms with Crippen LogP contribution in [-0.4, -0.2) is 18.2 Å². The Morgan fingerprint density at radius 2 is 1.68 bits per heavy atom. The second-order valence-electron chi connectivity index (χ2n) is 7.86. The maximum Gasteiger partial charge on any atom is 0.251 e. The summed E-state index contributed by atoms with van der Waals surface area (Å²) in [5.41, 5.74) is 1.54. The van der Waals surface area contributed by atoms with Crippen LogP contribution in [0.25, 0.3) is 0 Å². The molecule has 1 aromatic rings. The number of amides is 1. The lowest BCUT2D eigenvalue weighted by Crippen LogP contribution is -2.27. The summed E-state index contributed by atoms with van der Waals surface area (Å²) in [6.07, 6.45) is 1.19. The molecule has 0 aromatic heterocycles. The molecule has 1 rings (SSSR count). The zero-order valence-corrected chi connectivity index (χ0v) is 14.7. The largest absolute Gasteiger partial charge is 0.352 e. The van der Waals surface area contributed by atoms with E-state index in [4.69, 9.17) is 0 Å². The molecule has 0 aliphatic heterocycles. The van der Waals surface area contributed by atoms with E-state index in [1.54, 1.807) is 0 Å². The van der Waals surface area contributed by atoms with Crippen LogP contribution >= 0.6 is 0 Å². The molecular weight excluding hydrogens is 274 g/mol. The van der Waals surface area contributed by atoms with Crippen LogP contribution in [0.15, 0.2) is 24.3 Å². The molecule has 1 aromatic carbocycles. The fourth-order valence-corrected chi connectivity index (χ4v) is 2.05. The van der Waals surface area contributed by atoms with E-state index < -0.39 is 0 Å². The van der Waals surface area contributed by atoms with E-state index in [1.165, 1.54) is 0 Å². The standard InChI is InChI=1S/C19H29NO2/c1-18(2,3)15-10-7-9-14(13-15)17(22)20-12-8-11-16(21)19(4,5)6/h7,9-10,13H,8,11-12H2,1-6H3,(H,20,22). The third-order valence-electron chi connectivity index (χ3n) is 3.69. The van der Waals surface area contributed by atoms with Gasteiger partial charge in [0.25, 0.3) is 5.91 Å². The van der Waals surface area contributed by atoms with Gasteiger partial charge in [0.05, 0.1) is 0 Å². The number of Topliss-reactive ketones (excluding diaryl/α,β-unsaturated/α-hetero) is 1. The van der Waals surface area contributed by atoms with Crippen molar-refractivity contribution in [1.82, 2.24) is 5.32 Å². The van der Waals surface area contributed by atoms with Gasteiger partial charge in [0.2, 0.25) is 0 Å². The minimum absolute atomic E-state index is 0.0232. The van der Waals surface area contributed by atoms with Crippen molar-refractivity contribution in [2.45, 2.75) is 59.8 Å². The molecule has 0 fully saturated rings. The van der Waals surface area contributed by atoms with Gasteiger partial charge in [-0.1, -0.05) is 53.7 Å². The Morgan fingerprint density at radius 3 is 2.23 bits per heavy atom. The SMILES string of the molecule is CC(C)(C)C(=O)CCCNC(=O)c1cccc(C(C)(C)C)c1. The summed E-state index contributed by atoms with van der Waals surface area (Å²) in [6.45, 7) is 12.7. The van der Waals surface area contributed by atoms with Crippen LogP contribution in [0.3, 0.4) is 0 Å². The van der Waals surface area contributed by atoms with E-state index in [-0.39, 0.29) is 22.5 Å². The van der Waals surface area contributed by atoms with Gasteiger partial charge in [0.15, 0.2) is 0 Å². The molecule has 122 valence electrons. The second-order valence-corrected chi connectivity index (χ2v) is 7.86. The van der Waals surface area contributed by atoms with Crippen molar-refractivity contribution in [3.63, 3.8) is 0 Å². The Bertz CT molecular complexity index is 533. The average molecular weight is 303 g/mol. The van der Waals surface area contributed by atoms with Crippen LogP contribution < -0.4 is 5.32 Å². The fourth-order valence-electron chi connectivity index (χ4n) is 2.05. The second kappa shape index (κ2) is 7.08. The monoisotopic (exact) mass is 303 g/mol. The molecule has 0 atom stereocenters. The molecular formula is C19H29NO2. The Kier molecular flexibility index (Phi) is 5.92. The van der Waals surface area contributed by atoms with E-state index in [0.717, 1.165) is 5.56 Å². The van der Waals surface area contributed by atoms with Gasteiger partial charge in [0, 0.05) is 23.9 Å². The number of hydrogen-bond acceptors (Lipinski definition) is 2. The molecule has 1 amide bonds. The van der Waals surface area contributed by atoms with Crippen LogP contribution in [0, 0.1) is 5.41 Å². The Morgan fingerprint density at radius 1 is 1.05 bits per heavy atom. The maximum atomic E-state index is 12.2. The van der Waals surface area contributed by atoms with Gasteiger partial charge < -0.3 is 5.32 Å². The van der Waals surface area contributed by atoms with E-state index >= 15 is 0 Å². The summed E-state index contributed by atoms with van der Waals surface area (Å²) < 4.78 is 0. The smallest absolute Gasteiger partial charge is 0.251 e.